The van der Waals surface area contributed by atoms with E-state index in [0.717, 1.165) is 40.4 Å². The van der Waals surface area contributed by atoms with E-state index in [4.69, 9.17) is 9.72 Å². The van der Waals surface area contributed by atoms with Gasteiger partial charge in [-0.3, -0.25) is 14.2 Å². The monoisotopic (exact) mass is 569 g/mol. The van der Waals surface area contributed by atoms with Crippen molar-refractivity contribution in [2.24, 2.45) is 0 Å². The quantitative estimate of drug-likeness (QED) is 0.140. The maximum Gasteiger partial charge on any atom is 0.276 e. The first-order valence-electron chi connectivity index (χ1n) is 13.4. The van der Waals surface area contributed by atoms with E-state index in [2.05, 4.69) is 19.2 Å². The predicted octanol–water partition coefficient (Wildman–Crippen LogP) is 7.37. The topological polar surface area (TPSA) is 73.2 Å². The molecule has 1 N–H and O–H groups in total. The van der Waals surface area contributed by atoms with Gasteiger partial charge in [-0.2, -0.15) is 0 Å². The molecule has 0 spiro atoms. The summed E-state index contributed by atoms with van der Waals surface area (Å²) in [6.45, 7) is 6.69. The number of rotatable bonds is 10. The number of amides is 1. The highest BCUT2D eigenvalue weighted by Gasteiger charge is 2.19. The SMILES string of the molecule is CCOc1ccccc1-c1cc2nc(SCC(=O)Nc3ccc(CC)cc3)n(-c3ccc(CC)cc3)c(=O)c2s1. The molecule has 6 nitrogen and oxygen atoms in total. The second-order valence-corrected chi connectivity index (χ2v) is 11.2. The number of hydrogen-bond donors (Lipinski definition) is 1. The van der Waals surface area contributed by atoms with Crippen LogP contribution in [0.1, 0.15) is 31.9 Å². The predicted molar refractivity (Wildman–Crippen MR) is 166 cm³/mol. The van der Waals surface area contributed by atoms with Crippen molar-refractivity contribution in [3.8, 4) is 21.9 Å². The smallest absolute Gasteiger partial charge is 0.276 e. The van der Waals surface area contributed by atoms with Gasteiger partial charge in [0.15, 0.2) is 5.16 Å². The average Bonchev–Trinajstić information content (AvgIpc) is 3.41. The molecule has 5 aromatic rings. The van der Waals surface area contributed by atoms with E-state index in [-0.39, 0.29) is 17.2 Å². The Morgan fingerprint density at radius 3 is 2.30 bits per heavy atom. The van der Waals surface area contributed by atoms with Crippen LogP contribution in [0.5, 0.6) is 5.75 Å². The molecule has 0 fully saturated rings. The minimum Gasteiger partial charge on any atom is -0.493 e. The Morgan fingerprint density at radius 2 is 1.62 bits per heavy atom. The van der Waals surface area contributed by atoms with Gasteiger partial charge in [0.2, 0.25) is 5.91 Å². The van der Waals surface area contributed by atoms with Gasteiger partial charge in [0.25, 0.3) is 5.56 Å². The summed E-state index contributed by atoms with van der Waals surface area (Å²) in [5, 5.41) is 3.42. The van der Waals surface area contributed by atoms with Gasteiger partial charge in [-0.25, -0.2) is 4.98 Å². The molecular weight excluding hydrogens is 539 g/mol. The van der Waals surface area contributed by atoms with Crippen molar-refractivity contribution < 1.29 is 9.53 Å². The van der Waals surface area contributed by atoms with Gasteiger partial charge < -0.3 is 10.1 Å². The Hall–Kier alpha value is -3.88. The highest BCUT2D eigenvalue weighted by Crippen LogP contribution is 2.37. The average molecular weight is 570 g/mol. The Kier molecular flexibility index (Phi) is 8.67. The molecule has 0 unspecified atom stereocenters. The van der Waals surface area contributed by atoms with Crippen LogP contribution in [0.4, 0.5) is 5.69 Å². The summed E-state index contributed by atoms with van der Waals surface area (Å²) in [5.41, 5.74) is 5.23. The molecule has 3 aromatic carbocycles. The molecule has 204 valence electrons. The molecule has 1 amide bonds. The zero-order valence-corrected chi connectivity index (χ0v) is 24.4. The molecule has 0 aliphatic heterocycles. The van der Waals surface area contributed by atoms with Crippen molar-refractivity contribution in [3.63, 3.8) is 0 Å². The number of anilines is 1. The number of ether oxygens (including phenoxy) is 1. The summed E-state index contributed by atoms with van der Waals surface area (Å²) in [4.78, 5) is 32.6. The van der Waals surface area contributed by atoms with Crippen LogP contribution in [0, 0.1) is 0 Å². The van der Waals surface area contributed by atoms with Crippen LogP contribution in [0.25, 0.3) is 26.3 Å². The fourth-order valence-corrected chi connectivity index (χ4v) is 6.27. The minimum absolute atomic E-state index is 0.116. The normalized spacial score (nSPS) is 11.1. The highest BCUT2D eigenvalue weighted by molar-refractivity contribution is 7.99. The molecule has 0 aliphatic carbocycles. The molecule has 0 saturated heterocycles. The van der Waals surface area contributed by atoms with Crippen LogP contribution in [-0.2, 0) is 17.6 Å². The van der Waals surface area contributed by atoms with Crippen molar-refractivity contribution in [2.75, 3.05) is 17.7 Å². The van der Waals surface area contributed by atoms with E-state index in [1.54, 1.807) is 4.57 Å². The Labute approximate surface area is 242 Å². The van der Waals surface area contributed by atoms with E-state index in [1.165, 1.54) is 34.2 Å². The van der Waals surface area contributed by atoms with Crippen molar-refractivity contribution in [1.29, 1.82) is 0 Å². The van der Waals surface area contributed by atoms with E-state index < -0.39 is 0 Å². The van der Waals surface area contributed by atoms with Gasteiger partial charge >= 0.3 is 0 Å². The Bertz CT molecular complexity index is 1690. The molecule has 8 heteroatoms. The number of aromatic nitrogens is 2. The first-order valence-corrected chi connectivity index (χ1v) is 15.2. The lowest BCUT2D eigenvalue weighted by atomic mass is 10.1. The van der Waals surface area contributed by atoms with Gasteiger partial charge in [0, 0.05) is 16.1 Å². The molecule has 2 aromatic heterocycles. The van der Waals surface area contributed by atoms with Crippen LogP contribution in [0.3, 0.4) is 0 Å². The van der Waals surface area contributed by atoms with E-state index in [1.807, 2.05) is 85.8 Å². The van der Waals surface area contributed by atoms with Gasteiger partial charge in [0.05, 0.1) is 23.6 Å². The number of aryl methyl sites for hydroxylation is 2. The number of hydrogen-bond acceptors (Lipinski definition) is 6. The van der Waals surface area contributed by atoms with Crippen LogP contribution in [0.2, 0.25) is 0 Å². The molecule has 0 radical (unpaired) electrons. The second kappa shape index (κ2) is 12.5. The number of benzene rings is 3. The zero-order valence-electron chi connectivity index (χ0n) is 22.8. The van der Waals surface area contributed by atoms with Gasteiger partial charge in [0.1, 0.15) is 10.4 Å². The number of thiophene rings is 1. The largest absolute Gasteiger partial charge is 0.493 e. The number of para-hydroxylation sites is 1. The van der Waals surface area contributed by atoms with Gasteiger partial charge in [-0.15, -0.1) is 11.3 Å². The first kappa shape index (κ1) is 27.7. The van der Waals surface area contributed by atoms with E-state index in [9.17, 15) is 9.59 Å². The van der Waals surface area contributed by atoms with Crippen LogP contribution >= 0.6 is 23.1 Å². The molecule has 0 aliphatic rings. The summed E-state index contributed by atoms with van der Waals surface area (Å²) in [7, 11) is 0. The van der Waals surface area contributed by atoms with E-state index in [0.29, 0.717) is 22.0 Å². The summed E-state index contributed by atoms with van der Waals surface area (Å²) >= 11 is 2.66. The zero-order chi connectivity index (χ0) is 28.1. The number of carbonyl (C=O) groups is 1. The lowest BCUT2D eigenvalue weighted by Gasteiger charge is -2.12. The lowest BCUT2D eigenvalue weighted by Crippen LogP contribution is -2.22. The standard InChI is InChI=1S/C32H31N3O3S2/c1-4-21-11-15-23(16-12-21)33-29(36)20-39-32-34-26-19-28(25-9-7-8-10-27(25)38-6-3)40-30(26)31(37)35(32)24-17-13-22(5-2)14-18-24/h7-19H,4-6,20H2,1-3H3,(H,33,36). The first-order chi connectivity index (χ1) is 19.5. The fraction of sp³-hybridized carbons (Fsp3) is 0.219. The maximum absolute atomic E-state index is 13.9. The van der Waals surface area contributed by atoms with Crippen LogP contribution in [-0.4, -0.2) is 27.8 Å². The summed E-state index contributed by atoms with van der Waals surface area (Å²) in [6.07, 6.45) is 1.84. The number of nitrogens with zero attached hydrogens (tertiary/aromatic N) is 2. The van der Waals surface area contributed by atoms with Crippen LogP contribution < -0.4 is 15.6 Å². The second-order valence-electron chi connectivity index (χ2n) is 9.20. The third-order valence-electron chi connectivity index (χ3n) is 6.55. The molecule has 40 heavy (non-hydrogen) atoms. The number of nitrogens with one attached hydrogen (secondary N) is 1. The number of carbonyl (C=O) groups excluding carboxylic acids is 1. The van der Waals surface area contributed by atoms with Crippen molar-refractivity contribution in [2.45, 2.75) is 38.8 Å². The fourth-order valence-electron chi connectivity index (χ4n) is 4.40. The molecule has 5 rings (SSSR count). The minimum atomic E-state index is -0.159. The molecular formula is C32H31N3O3S2. The Morgan fingerprint density at radius 1 is 0.950 bits per heavy atom. The highest BCUT2D eigenvalue weighted by atomic mass is 32.2. The van der Waals surface area contributed by atoms with Crippen molar-refractivity contribution >= 4 is 44.9 Å². The van der Waals surface area contributed by atoms with Crippen molar-refractivity contribution in [3.05, 3.63) is 100 Å². The molecule has 2 heterocycles. The third-order valence-corrected chi connectivity index (χ3v) is 8.63. The molecule has 0 atom stereocenters. The van der Waals surface area contributed by atoms with E-state index >= 15 is 0 Å². The molecule has 0 bridgehead atoms. The van der Waals surface area contributed by atoms with Gasteiger partial charge in [-0.1, -0.05) is 62.0 Å². The van der Waals surface area contributed by atoms with Gasteiger partial charge in [-0.05, 0) is 73.4 Å². The summed E-state index contributed by atoms with van der Waals surface area (Å²) in [6, 6.07) is 25.5. The third kappa shape index (κ3) is 5.98. The number of fused-ring (bicyclic) bond motifs is 1. The van der Waals surface area contributed by atoms with Crippen molar-refractivity contribution in [1.82, 2.24) is 9.55 Å². The molecule has 0 saturated carbocycles. The lowest BCUT2D eigenvalue weighted by molar-refractivity contribution is -0.113. The summed E-state index contributed by atoms with van der Waals surface area (Å²) < 4.78 is 8.01. The van der Waals surface area contributed by atoms with Crippen LogP contribution in [0.15, 0.2) is 88.8 Å². The summed E-state index contributed by atoms with van der Waals surface area (Å²) in [5.74, 6) is 0.725. The maximum atomic E-state index is 13.9. The number of thioether (sulfide) groups is 1. The Balaban J connectivity index is 1.52.